The predicted octanol–water partition coefficient (Wildman–Crippen LogP) is 0.117. The first-order chi connectivity index (χ1) is 9.45. The second-order valence-electron chi connectivity index (χ2n) is 4.89. The first-order valence-corrected chi connectivity index (χ1v) is 6.46. The molecule has 2 N–H and O–H groups in total. The molecule has 7 nitrogen and oxygen atoms in total. The lowest BCUT2D eigenvalue weighted by Crippen LogP contribution is -2.22. The Kier molecular flexibility index (Phi) is 3.89. The maximum absolute atomic E-state index is 11.9. The molecule has 0 aliphatic heterocycles. The van der Waals surface area contributed by atoms with Crippen LogP contribution >= 0.6 is 0 Å². The highest BCUT2D eigenvalue weighted by Gasteiger charge is 2.17. The summed E-state index contributed by atoms with van der Waals surface area (Å²) < 4.78 is 3.44. The summed E-state index contributed by atoms with van der Waals surface area (Å²) in [6.45, 7) is 2.49. The zero-order valence-electron chi connectivity index (χ0n) is 12.3. The van der Waals surface area contributed by atoms with Crippen molar-refractivity contribution in [2.45, 2.75) is 13.3 Å². The molecule has 20 heavy (non-hydrogen) atoms. The summed E-state index contributed by atoms with van der Waals surface area (Å²) in [5, 5.41) is 8.74. The molecule has 2 aromatic heterocycles. The summed E-state index contributed by atoms with van der Waals surface area (Å²) in [6.07, 6.45) is 2.50. The molecule has 7 heteroatoms. The van der Waals surface area contributed by atoms with Crippen LogP contribution in [0, 0.1) is 6.92 Å². The number of nitrogens with zero attached hydrogens (tertiary/aromatic N) is 5. The Hall–Kier alpha value is -2.15. The standard InChI is InChI=1S/C13H20N6O/c1-9-10(5-7-14)12(18(4)15-9)19-8-6-11(16-19)13(20)17(2)3/h6,8H,5,7,14H2,1-4H3. The molecule has 0 unspecified atom stereocenters. The molecule has 0 aromatic carbocycles. The lowest BCUT2D eigenvalue weighted by atomic mass is 10.2. The van der Waals surface area contributed by atoms with Crippen LogP contribution in [-0.4, -0.2) is 51.0 Å². The van der Waals surface area contributed by atoms with Gasteiger partial charge in [-0.05, 0) is 26.0 Å². The van der Waals surface area contributed by atoms with E-state index >= 15 is 0 Å². The average molecular weight is 276 g/mol. The average Bonchev–Trinajstić information content (AvgIpc) is 2.95. The number of nitrogens with two attached hydrogens (primary N) is 1. The minimum Gasteiger partial charge on any atom is -0.343 e. The lowest BCUT2D eigenvalue weighted by molar-refractivity contribution is 0.0821. The van der Waals surface area contributed by atoms with Gasteiger partial charge in [0.2, 0.25) is 0 Å². The zero-order valence-corrected chi connectivity index (χ0v) is 12.3. The highest BCUT2D eigenvalue weighted by atomic mass is 16.2. The van der Waals surface area contributed by atoms with Crippen LogP contribution in [0.15, 0.2) is 12.3 Å². The van der Waals surface area contributed by atoms with Crippen LogP contribution in [0.25, 0.3) is 5.82 Å². The van der Waals surface area contributed by atoms with Crippen molar-refractivity contribution in [3.63, 3.8) is 0 Å². The van der Waals surface area contributed by atoms with E-state index in [0.29, 0.717) is 12.2 Å². The molecule has 0 aliphatic carbocycles. The van der Waals surface area contributed by atoms with Gasteiger partial charge in [0.05, 0.1) is 5.69 Å². The molecule has 108 valence electrons. The molecular weight excluding hydrogens is 256 g/mol. The fourth-order valence-corrected chi connectivity index (χ4v) is 2.20. The largest absolute Gasteiger partial charge is 0.343 e. The quantitative estimate of drug-likeness (QED) is 0.859. The van der Waals surface area contributed by atoms with E-state index in [2.05, 4.69) is 10.2 Å². The summed E-state index contributed by atoms with van der Waals surface area (Å²) in [5.41, 5.74) is 8.05. The number of hydrogen-bond donors (Lipinski definition) is 1. The van der Waals surface area contributed by atoms with Crippen LogP contribution < -0.4 is 5.73 Å². The summed E-state index contributed by atoms with van der Waals surface area (Å²) in [4.78, 5) is 13.4. The third-order valence-electron chi connectivity index (χ3n) is 3.14. The zero-order chi connectivity index (χ0) is 14.9. The van der Waals surface area contributed by atoms with Gasteiger partial charge in [-0.2, -0.15) is 10.2 Å². The second kappa shape index (κ2) is 5.46. The van der Waals surface area contributed by atoms with Gasteiger partial charge >= 0.3 is 0 Å². The van der Waals surface area contributed by atoms with Gasteiger partial charge in [-0.1, -0.05) is 0 Å². The van der Waals surface area contributed by atoms with Crippen molar-refractivity contribution in [3.05, 3.63) is 29.2 Å². The van der Waals surface area contributed by atoms with Gasteiger partial charge in [0.25, 0.3) is 5.91 Å². The fraction of sp³-hybridized carbons (Fsp3) is 0.462. The van der Waals surface area contributed by atoms with Crippen molar-refractivity contribution in [2.24, 2.45) is 12.8 Å². The number of carbonyl (C=O) groups is 1. The Morgan fingerprint density at radius 2 is 2.10 bits per heavy atom. The summed E-state index contributed by atoms with van der Waals surface area (Å²) in [7, 11) is 5.27. The Morgan fingerprint density at radius 1 is 1.40 bits per heavy atom. The molecule has 0 atom stereocenters. The van der Waals surface area contributed by atoms with Crippen LogP contribution in [-0.2, 0) is 13.5 Å². The molecule has 0 bridgehead atoms. The molecule has 2 heterocycles. The third-order valence-corrected chi connectivity index (χ3v) is 3.14. The number of aryl methyl sites for hydroxylation is 2. The normalized spacial score (nSPS) is 10.8. The Bertz CT molecular complexity index is 625. The molecule has 0 saturated heterocycles. The Labute approximate surface area is 118 Å². The van der Waals surface area contributed by atoms with Gasteiger partial charge in [-0.15, -0.1) is 0 Å². The van der Waals surface area contributed by atoms with Crippen LogP contribution in [0.4, 0.5) is 0 Å². The monoisotopic (exact) mass is 276 g/mol. The molecule has 1 amide bonds. The molecule has 2 rings (SSSR count). The van der Waals surface area contributed by atoms with Crippen molar-refractivity contribution in [2.75, 3.05) is 20.6 Å². The summed E-state index contributed by atoms with van der Waals surface area (Å²) >= 11 is 0. The number of aromatic nitrogens is 4. The molecule has 0 aliphatic rings. The molecule has 2 aromatic rings. The van der Waals surface area contributed by atoms with E-state index in [1.807, 2.05) is 14.0 Å². The van der Waals surface area contributed by atoms with E-state index in [4.69, 9.17) is 5.73 Å². The molecule has 0 fully saturated rings. The minimum atomic E-state index is -0.122. The lowest BCUT2D eigenvalue weighted by Gasteiger charge is -2.08. The van der Waals surface area contributed by atoms with Crippen LogP contribution in [0.2, 0.25) is 0 Å². The first-order valence-electron chi connectivity index (χ1n) is 6.46. The topological polar surface area (TPSA) is 82.0 Å². The highest BCUT2D eigenvalue weighted by Crippen LogP contribution is 2.18. The second-order valence-corrected chi connectivity index (χ2v) is 4.89. The molecule has 0 spiro atoms. The van der Waals surface area contributed by atoms with E-state index in [1.165, 1.54) is 4.90 Å². The molecule has 0 radical (unpaired) electrons. The Balaban J connectivity index is 2.45. The predicted molar refractivity (Wildman–Crippen MR) is 75.8 cm³/mol. The highest BCUT2D eigenvalue weighted by molar-refractivity contribution is 5.91. The van der Waals surface area contributed by atoms with Gasteiger partial charge in [-0.3, -0.25) is 9.48 Å². The number of amides is 1. The third kappa shape index (κ3) is 2.44. The van der Waals surface area contributed by atoms with E-state index < -0.39 is 0 Å². The smallest absolute Gasteiger partial charge is 0.273 e. The van der Waals surface area contributed by atoms with Gasteiger partial charge in [0.15, 0.2) is 11.5 Å². The molecular formula is C13H20N6O. The first kappa shape index (κ1) is 14.3. The van der Waals surface area contributed by atoms with E-state index in [-0.39, 0.29) is 5.91 Å². The van der Waals surface area contributed by atoms with E-state index in [0.717, 1.165) is 23.5 Å². The van der Waals surface area contributed by atoms with Gasteiger partial charge < -0.3 is 10.6 Å². The minimum absolute atomic E-state index is 0.122. The van der Waals surface area contributed by atoms with Crippen LogP contribution in [0.5, 0.6) is 0 Å². The van der Waals surface area contributed by atoms with Gasteiger partial charge in [-0.25, -0.2) is 4.68 Å². The van der Waals surface area contributed by atoms with Crippen molar-refractivity contribution in [3.8, 4) is 5.82 Å². The number of carbonyl (C=O) groups excluding carboxylic acids is 1. The van der Waals surface area contributed by atoms with Gasteiger partial charge in [0.1, 0.15) is 0 Å². The summed E-state index contributed by atoms with van der Waals surface area (Å²) in [5.74, 6) is 0.730. The maximum Gasteiger partial charge on any atom is 0.273 e. The van der Waals surface area contributed by atoms with Crippen LogP contribution in [0.1, 0.15) is 21.7 Å². The Morgan fingerprint density at radius 3 is 2.70 bits per heavy atom. The van der Waals surface area contributed by atoms with Crippen LogP contribution in [0.3, 0.4) is 0 Å². The summed E-state index contributed by atoms with van der Waals surface area (Å²) in [6, 6.07) is 1.71. The van der Waals surface area contributed by atoms with Crippen molar-refractivity contribution < 1.29 is 4.79 Å². The maximum atomic E-state index is 11.9. The SMILES string of the molecule is Cc1nn(C)c(-n2ccc(C(=O)N(C)C)n2)c1CCN. The van der Waals surface area contributed by atoms with Crippen molar-refractivity contribution in [1.29, 1.82) is 0 Å². The fourth-order valence-electron chi connectivity index (χ4n) is 2.20. The van der Waals surface area contributed by atoms with Crippen molar-refractivity contribution >= 4 is 5.91 Å². The number of hydrogen-bond acceptors (Lipinski definition) is 4. The van der Waals surface area contributed by atoms with E-state index in [9.17, 15) is 4.79 Å². The van der Waals surface area contributed by atoms with E-state index in [1.54, 1.807) is 35.7 Å². The van der Waals surface area contributed by atoms with Gasteiger partial charge in [0, 0.05) is 32.9 Å². The van der Waals surface area contributed by atoms with Crippen molar-refractivity contribution in [1.82, 2.24) is 24.5 Å². The molecule has 0 saturated carbocycles. The number of rotatable bonds is 4.